The minimum Gasteiger partial charge on any atom is -1.00 e. The second-order valence-corrected chi connectivity index (χ2v) is 11.7. The Bertz CT molecular complexity index is 175. The molecule has 0 saturated carbocycles. The van der Waals surface area contributed by atoms with Crippen LogP contribution in [0.4, 0.5) is 0 Å². The van der Waals surface area contributed by atoms with E-state index in [9.17, 15) is 0 Å². The van der Waals surface area contributed by atoms with Gasteiger partial charge in [-0.2, -0.15) is 0 Å². The Labute approximate surface area is 149 Å². The summed E-state index contributed by atoms with van der Waals surface area (Å²) in [5.41, 5.74) is 0. The first-order chi connectivity index (χ1) is 10.2. The fourth-order valence-electron chi connectivity index (χ4n) is 3.43. The molecule has 0 fully saturated rings. The lowest BCUT2D eigenvalue weighted by Gasteiger charge is -2.27. The highest BCUT2D eigenvalue weighted by Gasteiger charge is 2.33. The highest BCUT2D eigenvalue weighted by atomic mass is 35.5. The molecule has 0 saturated heterocycles. The normalized spacial score (nSPS) is 11.5. The first-order valence-electron chi connectivity index (χ1n) is 10.1. The van der Waals surface area contributed by atoms with E-state index in [-0.39, 0.29) is 12.4 Å². The molecule has 0 aliphatic rings. The third-order valence-electron chi connectivity index (χ3n) is 5.13. The van der Waals surface area contributed by atoms with Crippen LogP contribution in [0, 0.1) is 0 Å². The molecule has 0 atom stereocenters. The standard InChI is InChI=1S/C20H44P.ClH/c1-5-9-12-15-18-21(8-4,19-16-13-10-6-2)20-17-14-11-7-3;/h5-20H2,1-4H3;1H/q+1;/p-1. The molecular weight excluding hydrogens is 307 g/mol. The maximum absolute atomic E-state index is 2.51. The summed E-state index contributed by atoms with van der Waals surface area (Å²) in [6.45, 7) is 9.50. The third-order valence-corrected chi connectivity index (χ3v) is 10.3. The van der Waals surface area contributed by atoms with Crippen molar-refractivity contribution in [3.63, 3.8) is 0 Å². The van der Waals surface area contributed by atoms with Crippen molar-refractivity contribution in [3.8, 4) is 0 Å². The number of hydrogen-bond donors (Lipinski definition) is 0. The van der Waals surface area contributed by atoms with Gasteiger partial charge in [-0.25, -0.2) is 0 Å². The lowest BCUT2D eigenvalue weighted by atomic mass is 10.2. The minimum absolute atomic E-state index is 0. The van der Waals surface area contributed by atoms with E-state index in [1.165, 1.54) is 83.2 Å². The van der Waals surface area contributed by atoms with Crippen molar-refractivity contribution in [1.82, 2.24) is 0 Å². The summed E-state index contributed by atoms with van der Waals surface area (Å²) in [7, 11) is -0.598. The third kappa shape index (κ3) is 13.2. The first kappa shape index (κ1) is 25.0. The van der Waals surface area contributed by atoms with E-state index in [1.807, 2.05) is 0 Å². The van der Waals surface area contributed by atoms with E-state index >= 15 is 0 Å². The molecule has 0 bridgehead atoms. The van der Waals surface area contributed by atoms with Gasteiger partial charge in [0.2, 0.25) is 0 Å². The molecule has 0 aromatic carbocycles. The smallest absolute Gasteiger partial charge is 0.0594 e. The van der Waals surface area contributed by atoms with Crippen LogP contribution in [-0.4, -0.2) is 24.6 Å². The van der Waals surface area contributed by atoms with Crippen LogP contribution in [0.5, 0.6) is 0 Å². The summed E-state index contributed by atoms with van der Waals surface area (Å²) in [4.78, 5) is 0. The molecule has 0 aliphatic carbocycles. The van der Waals surface area contributed by atoms with E-state index in [2.05, 4.69) is 27.7 Å². The number of halogens is 1. The topological polar surface area (TPSA) is 0 Å². The predicted octanol–water partition coefficient (Wildman–Crippen LogP) is 4.77. The molecule has 0 amide bonds. The highest BCUT2D eigenvalue weighted by Crippen LogP contribution is 2.60. The Morgan fingerprint density at radius 3 is 1.00 bits per heavy atom. The summed E-state index contributed by atoms with van der Waals surface area (Å²) in [5, 5.41) is 0. The van der Waals surface area contributed by atoms with Crippen LogP contribution in [-0.2, 0) is 0 Å². The van der Waals surface area contributed by atoms with Crippen LogP contribution in [0.3, 0.4) is 0 Å². The van der Waals surface area contributed by atoms with Gasteiger partial charge in [-0.05, 0) is 45.4 Å². The van der Waals surface area contributed by atoms with E-state index in [0.717, 1.165) is 0 Å². The molecule has 0 nitrogen and oxygen atoms in total. The van der Waals surface area contributed by atoms with Crippen LogP contribution >= 0.6 is 7.26 Å². The number of unbranched alkanes of at least 4 members (excludes halogenated alkanes) is 9. The Hall–Kier alpha value is 0.720. The van der Waals surface area contributed by atoms with Crippen molar-refractivity contribution < 1.29 is 12.4 Å². The van der Waals surface area contributed by atoms with Crippen LogP contribution in [0.2, 0.25) is 0 Å². The van der Waals surface area contributed by atoms with Gasteiger partial charge >= 0.3 is 0 Å². The van der Waals surface area contributed by atoms with Gasteiger partial charge in [-0.1, -0.05) is 59.3 Å². The van der Waals surface area contributed by atoms with Crippen molar-refractivity contribution in [1.29, 1.82) is 0 Å². The van der Waals surface area contributed by atoms with Crippen molar-refractivity contribution in [2.24, 2.45) is 0 Å². The van der Waals surface area contributed by atoms with Crippen LogP contribution in [0.15, 0.2) is 0 Å². The maximum Gasteiger partial charge on any atom is 0.0594 e. The van der Waals surface area contributed by atoms with Gasteiger partial charge < -0.3 is 12.4 Å². The zero-order valence-corrected chi connectivity index (χ0v) is 17.8. The quantitative estimate of drug-likeness (QED) is 0.278. The molecule has 136 valence electrons. The molecule has 0 aliphatic heterocycles. The van der Waals surface area contributed by atoms with Gasteiger partial charge in [0.15, 0.2) is 0 Å². The van der Waals surface area contributed by atoms with Crippen LogP contribution in [0.25, 0.3) is 0 Å². The van der Waals surface area contributed by atoms with Crippen LogP contribution < -0.4 is 12.4 Å². The van der Waals surface area contributed by atoms with Crippen molar-refractivity contribution >= 4 is 7.26 Å². The molecule has 0 heterocycles. The van der Waals surface area contributed by atoms with E-state index in [0.29, 0.717) is 0 Å². The van der Waals surface area contributed by atoms with Gasteiger partial charge in [-0.15, -0.1) is 0 Å². The monoisotopic (exact) mass is 350 g/mol. The van der Waals surface area contributed by atoms with Gasteiger partial charge in [0.1, 0.15) is 0 Å². The summed E-state index contributed by atoms with van der Waals surface area (Å²) in [6, 6.07) is 0. The SMILES string of the molecule is CCCCCC[P+](CC)(CCCCCC)CCCCCC.[Cl-]. The van der Waals surface area contributed by atoms with E-state index in [4.69, 9.17) is 0 Å². The zero-order chi connectivity index (χ0) is 15.8. The molecule has 22 heavy (non-hydrogen) atoms. The van der Waals surface area contributed by atoms with Gasteiger partial charge in [0.05, 0.1) is 24.6 Å². The summed E-state index contributed by atoms with van der Waals surface area (Å²) >= 11 is 0. The number of hydrogen-bond acceptors (Lipinski definition) is 0. The lowest BCUT2D eigenvalue weighted by Crippen LogP contribution is -3.00. The largest absolute Gasteiger partial charge is 1.00 e. The highest BCUT2D eigenvalue weighted by molar-refractivity contribution is 7.75. The van der Waals surface area contributed by atoms with E-state index in [1.54, 1.807) is 18.5 Å². The fraction of sp³-hybridized carbons (Fsp3) is 1.00. The molecular formula is C20H44ClP. The Balaban J connectivity index is 0. The van der Waals surface area contributed by atoms with Crippen molar-refractivity contribution in [2.45, 2.75) is 105 Å². The van der Waals surface area contributed by atoms with Crippen molar-refractivity contribution in [2.75, 3.05) is 24.6 Å². The minimum atomic E-state index is -0.598. The summed E-state index contributed by atoms with van der Waals surface area (Å²) in [6.07, 6.45) is 23.9. The molecule has 0 N–H and O–H groups in total. The second-order valence-electron chi connectivity index (χ2n) is 7.01. The average molecular weight is 351 g/mol. The maximum atomic E-state index is 2.51. The Morgan fingerprint density at radius 2 is 0.773 bits per heavy atom. The van der Waals surface area contributed by atoms with Crippen molar-refractivity contribution in [3.05, 3.63) is 0 Å². The molecule has 0 spiro atoms. The number of rotatable bonds is 16. The van der Waals surface area contributed by atoms with Gasteiger partial charge in [0.25, 0.3) is 0 Å². The molecule has 0 radical (unpaired) electrons. The summed E-state index contributed by atoms with van der Waals surface area (Å²) < 4.78 is 0. The lowest BCUT2D eigenvalue weighted by molar-refractivity contribution is -0.00000490. The molecule has 0 rings (SSSR count). The van der Waals surface area contributed by atoms with Gasteiger partial charge in [0, 0.05) is 7.26 Å². The van der Waals surface area contributed by atoms with Crippen LogP contribution in [0.1, 0.15) is 105 Å². The second kappa shape index (κ2) is 18.1. The average Bonchev–Trinajstić information content (AvgIpc) is 2.51. The molecule has 0 unspecified atom stereocenters. The fourth-order valence-corrected chi connectivity index (χ4v) is 7.73. The summed E-state index contributed by atoms with van der Waals surface area (Å²) in [5.74, 6) is 0. The first-order valence-corrected chi connectivity index (χ1v) is 12.6. The molecule has 0 aromatic rings. The Morgan fingerprint density at radius 1 is 0.455 bits per heavy atom. The molecule has 2 heteroatoms. The Kier molecular flexibility index (Phi) is 20.5. The van der Waals surface area contributed by atoms with Gasteiger partial charge in [-0.3, -0.25) is 0 Å². The van der Waals surface area contributed by atoms with E-state index < -0.39 is 7.26 Å². The zero-order valence-electron chi connectivity index (χ0n) is 16.1. The molecule has 0 aromatic heterocycles. The predicted molar refractivity (Wildman–Crippen MR) is 104 cm³/mol.